The number of hydrogen-bond acceptors (Lipinski definition) is 3. The molecule has 18 heavy (non-hydrogen) atoms. The van der Waals surface area contributed by atoms with Gasteiger partial charge in [0.25, 0.3) is 0 Å². The van der Waals surface area contributed by atoms with Crippen molar-refractivity contribution in [2.75, 3.05) is 20.1 Å². The summed E-state index contributed by atoms with van der Waals surface area (Å²) in [5.41, 5.74) is 0.928. The number of rotatable bonds is 4. The van der Waals surface area contributed by atoms with Crippen molar-refractivity contribution in [1.29, 1.82) is 5.26 Å². The second kappa shape index (κ2) is 5.85. The van der Waals surface area contributed by atoms with E-state index in [2.05, 4.69) is 0 Å². The maximum absolute atomic E-state index is 12.1. The van der Waals surface area contributed by atoms with Crippen molar-refractivity contribution in [2.45, 2.75) is 12.3 Å². The molecule has 0 saturated carbocycles. The van der Waals surface area contributed by atoms with Crippen LogP contribution in [0.3, 0.4) is 0 Å². The molecular formula is C12H13F3N2O. The Morgan fingerprint density at radius 1 is 1.33 bits per heavy atom. The molecule has 1 atom stereocenters. The van der Waals surface area contributed by atoms with Gasteiger partial charge < -0.3 is 5.11 Å². The molecule has 0 saturated heterocycles. The third-order valence-corrected chi connectivity index (χ3v) is 2.36. The lowest BCUT2D eigenvalue weighted by atomic mass is 10.1. The molecule has 0 aliphatic heterocycles. The van der Waals surface area contributed by atoms with Crippen molar-refractivity contribution in [3.63, 3.8) is 0 Å². The molecule has 0 amide bonds. The molecule has 1 N–H and O–H groups in total. The molecule has 98 valence electrons. The summed E-state index contributed by atoms with van der Waals surface area (Å²) in [4.78, 5) is 1.00. The Balaban J connectivity index is 2.59. The summed E-state index contributed by atoms with van der Waals surface area (Å²) < 4.78 is 36.3. The quantitative estimate of drug-likeness (QED) is 0.899. The van der Waals surface area contributed by atoms with E-state index in [1.165, 1.54) is 31.3 Å². The molecule has 0 aliphatic carbocycles. The second-order valence-corrected chi connectivity index (χ2v) is 4.06. The van der Waals surface area contributed by atoms with Crippen molar-refractivity contribution in [3.8, 4) is 6.07 Å². The Labute approximate surface area is 103 Å². The Kier molecular flexibility index (Phi) is 4.70. The Hall–Kier alpha value is -1.58. The van der Waals surface area contributed by atoms with E-state index in [0.29, 0.717) is 11.1 Å². The van der Waals surface area contributed by atoms with Crippen LogP contribution in [0.25, 0.3) is 0 Å². The SMILES string of the molecule is CN(CC(O)c1ccc(C#N)cc1)CC(F)(F)F. The van der Waals surface area contributed by atoms with Crippen molar-refractivity contribution in [2.24, 2.45) is 0 Å². The first-order valence-electron chi connectivity index (χ1n) is 5.25. The van der Waals surface area contributed by atoms with E-state index in [-0.39, 0.29) is 6.54 Å². The van der Waals surface area contributed by atoms with E-state index < -0.39 is 18.8 Å². The van der Waals surface area contributed by atoms with Gasteiger partial charge in [0.05, 0.1) is 24.3 Å². The maximum atomic E-state index is 12.1. The molecule has 1 rings (SSSR count). The van der Waals surface area contributed by atoms with Crippen LogP contribution < -0.4 is 0 Å². The van der Waals surface area contributed by atoms with Crippen LogP contribution in [0.4, 0.5) is 13.2 Å². The van der Waals surface area contributed by atoms with Crippen LogP contribution in [0.2, 0.25) is 0 Å². The molecule has 3 nitrogen and oxygen atoms in total. The van der Waals surface area contributed by atoms with Crippen LogP contribution in [0.1, 0.15) is 17.2 Å². The van der Waals surface area contributed by atoms with E-state index >= 15 is 0 Å². The number of halogens is 3. The second-order valence-electron chi connectivity index (χ2n) is 4.06. The molecule has 6 heteroatoms. The average Bonchev–Trinajstić information content (AvgIpc) is 2.26. The van der Waals surface area contributed by atoms with Gasteiger partial charge in [-0.15, -0.1) is 0 Å². The lowest BCUT2D eigenvalue weighted by Crippen LogP contribution is -2.34. The molecule has 1 aromatic carbocycles. The summed E-state index contributed by atoms with van der Waals surface area (Å²) in [6.07, 6.45) is -5.29. The predicted molar refractivity (Wildman–Crippen MR) is 59.7 cm³/mol. The molecule has 0 heterocycles. The molecule has 0 aromatic heterocycles. The summed E-state index contributed by atoms with van der Waals surface area (Å²) in [5, 5.41) is 18.4. The number of nitrogens with zero attached hydrogens (tertiary/aromatic N) is 2. The first-order chi connectivity index (χ1) is 8.31. The zero-order valence-electron chi connectivity index (χ0n) is 9.78. The van der Waals surface area contributed by atoms with E-state index in [1.807, 2.05) is 6.07 Å². The summed E-state index contributed by atoms with van der Waals surface area (Å²) in [5.74, 6) is 0. The van der Waals surface area contributed by atoms with Crippen molar-refractivity contribution >= 4 is 0 Å². The lowest BCUT2D eigenvalue weighted by Gasteiger charge is -2.21. The third kappa shape index (κ3) is 4.73. The average molecular weight is 258 g/mol. The van der Waals surface area contributed by atoms with E-state index in [1.54, 1.807) is 0 Å². The molecule has 0 spiro atoms. The van der Waals surface area contributed by atoms with Crippen LogP contribution in [0.15, 0.2) is 24.3 Å². The van der Waals surface area contributed by atoms with Crippen molar-refractivity contribution in [3.05, 3.63) is 35.4 Å². The number of likely N-dealkylation sites (N-methyl/N-ethyl adjacent to an activating group) is 1. The minimum absolute atomic E-state index is 0.120. The third-order valence-electron chi connectivity index (χ3n) is 2.36. The summed E-state index contributed by atoms with van der Waals surface area (Å²) >= 11 is 0. The Morgan fingerprint density at radius 3 is 2.33 bits per heavy atom. The standard InChI is InChI=1S/C12H13F3N2O/c1-17(8-12(13,14)15)7-11(18)10-4-2-9(6-16)3-5-10/h2-5,11,18H,7-8H2,1H3. The smallest absolute Gasteiger partial charge is 0.387 e. The zero-order valence-corrected chi connectivity index (χ0v) is 9.78. The van der Waals surface area contributed by atoms with Gasteiger partial charge in [-0.1, -0.05) is 12.1 Å². The van der Waals surface area contributed by atoms with Crippen LogP contribution >= 0.6 is 0 Å². The fourth-order valence-electron chi connectivity index (χ4n) is 1.55. The van der Waals surface area contributed by atoms with Gasteiger partial charge in [-0.2, -0.15) is 18.4 Å². The number of nitriles is 1. The first kappa shape index (κ1) is 14.5. The van der Waals surface area contributed by atoms with Gasteiger partial charge in [0.1, 0.15) is 0 Å². The molecule has 0 aliphatic rings. The zero-order chi connectivity index (χ0) is 13.8. The molecule has 1 aromatic rings. The topological polar surface area (TPSA) is 47.3 Å². The summed E-state index contributed by atoms with van der Waals surface area (Å²) in [7, 11) is 1.29. The van der Waals surface area contributed by atoms with Crippen LogP contribution in [-0.4, -0.2) is 36.3 Å². The number of aliphatic hydroxyl groups excluding tert-OH is 1. The van der Waals surface area contributed by atoms with Gasteiger partial charge >= 0.3 is 6.18 Å². The minimum atomic E-state index is -4.28. The highest BCUT2D eigenvalue weighted by atomic mass is 19.4. The molecule has 0 bridgehead atoms. The van der Waals surface area contributed by atoms with E-state index in [4.69, 9.17) is 5.26 Å². The largest absolute Gasteiger partial charge is 0.401 e. The normalized spacial score (nSPS) is 13.4. The highest BCUT2D eigenvalue weighted by Gasteiger charge is 2.29. The molecular weight excluding hydrogens is 245 g/mol. The monoisotopic (exact) mass is 258 g/mol. The predicted octanol–water partition coefficient (Wildman–Crippen LogP) is 2.09. The Morgan fingerprint density at radius 2 is 1.89 bits per heavy atom. The lowest BCUT2D eigenvalue weighted by molar-refractivity contribution is -0.145. The van der Waals surface area contributed by atoms with Gasteiger partial charge in [-0.05, 0) is 24.7 Å². The van der Waals surface area contributed by atoms with Gasteiger partial charge in [0, 0.05) is 6.54 Å². The number of hydrogen-bond donors (Lipinski definition) is 1. The minimum Gasteiger partial charge on any atom is -0.387 e. The molecule has 1 unspecified atom stereocenters. The highest BCUT2D eigenvalue weighted by molar-refractivity contribution is 5.32. The number of alkyl halides is 3. The highest BCUT2D eigenvalue weighted by Crippen LogP contribution is 2.19. The molecule has 0 radical (unpaired) electrons. The van der Waals surface area contributed by atoms with E-state index in [0.717, 1.165) is 4.90 Å². The van der Waals surface area contributed by atoms with E-state index in [9.17, 15) is 18.3 Å². The van der Waals surface area contributed by atoms with Crippen LogP contribution in [-0.2, 0) is 0 Å². The summed E-state index contributed by atoms with van der Waals surface area (Å²) in [6, 6.07) is 8.02. The first-order valence-corrected chi connectivity index (χ1v) is 5.25. The fraction of sp³-hybridized carbons (Fsp3) is 0.417. The summed E-state index contributed by atoms with van der Waals surface area (Å²) in [6.45, 7) is -1.19. The van der Waals surface area contributed by atoms with Crippen LogP contribution in [0, 0.1) is 11.3 Å². The number of aliphatic hydroxyl groups is 1. The Bertz CT molecular complexity index is 422. The number of benzene rings is 1. The maximum Gasteiger partial charge on any atom is 0.401 e. The van der Waals surface area contributed by atoms with Gasteiger partial charge in [-0.3, -0.25) is 4.90 Å². The van der Waals surface area contributed by atoms with Crippen molar-refractivity contribution < 1.29 is 18.3 Å². The van der Waals surface area contributed by atoms with Crippen LogP contribution in [0.5, 0.6) is 0 Å². The van der Waals surface area contributed by atoms with Gasteiger partial charge in [0.2, 0.25) is 0 Å². The van der Waals surface area contributed by atoms with Crippen molar-refractivity contribution in [1.82, 2.24) is 4.90 Å². The molecule has 0 fully saturated rings. The van der Waals surface area contributed by atoms with Gasteiger partial charge in [0.15, 0.2) is 0 Å². The van der Waals surface area contributed by atoms with Gasteiger partial charge in [-0.25, -0.2) is 0 Å². The fourth-order valence-corrected chi connectivity index (χ4v) is 1.55.